The third-order valence-electron chi connectivity index (χ3n) is 2.58. The molecule has 0 unspecified atom stereocenters. The molecule has 1 heterocycles. The molecular formula is C11H14FN. The van der Waals surface area contributed by atoms with E-state index in [1.807, 2.05) is 24.3 Å². The third-order valence-corrected chi connectivity index (χ3v) is 2.58. The molecule has 1 aliphatic rings. The van der Waals surface area contributed by atoms with Crippen LogP contribution in [0.15, 0.2) is 24.3 Å². The van der Waals surface area contributed by atoms with Crippen molar-refractivity contribution in [1.29, 1.82) is 0 Å². The maximum Gasteiger partial charge on any atom is 0.117 e. The van der Waals surface area contributed by atoms with E-state index in [4.69, 9.17) is 0 Å². The van der Waals surface area contributed by atoms with Gasteiger partial charge in [-0.2, -0.15) is 0 Å². The number of anilines is 1. The molecule has 0 atom stereocenters. The fourth-order valence-corrected chi connectivity index (χ4v) is 1.89. The minimum atomic E-state index is -0.354. The lowest BCUT2D eigenvalue weighted by molar-refractivity contribution is 0.485. The van der Waals surface area contributed by atoms with E-state index in [1.54, 1.807) is 0 Å². The van der Waals surface area contributed by atoms with Crippen molar-refractivity contribution in [1.82, 2.24) is 0 Å². The van der Waals surface area contributed by atoms with Gasteiger partial charge in [-0.25, -0.2) is 4.39 Å². The number of nitrogens with zero attached hydrogens (tertiary/aromatic N) is 1. The fraction of sp³-hybridized carbons (Fsp3) is 0.455. The summed E-state index contributed by atoms with van der Waals surface area (Å²) in [6, 6.07) is 7.76. The molecule has 1 aliphatic heterocycles. The predicted octanol–water partition coefficient (Wildman–Crippen LogP) is 2.76. The van der Waals surface area contributed by atoms with Crippen LogP contribution < -0.4 is 4.90 Å². The van der Waals surface area contributed by atoms with Gasteiger partial charge < -0.3 is 4.90 Å². The van der Waals surface area contributed by atoms with Crippen molar-refractivity contribution < 1.29 is 4.39 Å². The largest absolute Gasteiger partial charge is 0.371 e. The number of para-hydroxylation sites is 1. The van der Waals surface area contributed by atoms with Crippen LogP contribution in [-0.2, 0) is 6.67 Å². The minimum absolute atomic E-state index is 0.354. The predicted molar refractivity (Wildman–Crippen MR) is 52.7 cm³/mol. The van der Waals surface area contributed by atoms with Crippen molar-refractivity contribution in [3.05, 3.63) is 29.8 Å². The molecule has 1 aromatic carbocycles. The van der Waals surface area contributed by atoms with Crippen molar-refractivity contribution in [2.45, 2.75) is 19.5 Å². The van der Waals surface area contributed by atoms with E-state index < -0.39 is 0 Å². The van der Waals surface area contributed by atoms with Crippen molar-refractivity contribution >= 4 is 5.69 Å². The van der Waals surface area contributed by atoms with E-state index in [-0.39, 0.29) is 6.67 Å². The van der Waals surface area contributed by atoms with Crippen LogP contribution in [-0.4, -0.2) is 13.1 Å². The Morgan fingerprint density at radius 2 is 1.85 bits per heavy atom. The molecule has 0 radical (unpaired) electrons. The van der Waals surface area contributed by atoms with Gasteiger partial charge in [-0.05, 0) is 18.9 Å². The van der Waals surface area contributed by atoms with Gasteiger partial charge in [0.15, 0.2) is 0 Å². The van der Waals surface area contributed by atoms with Gasteiger partial charge in [0.05, 0.1) is 0 Å². The highest BCUT2D eigenvalue weighted by molar-refractivity contribution is 5.53. The summed E-state index contributed by atoms with van der Waals surface area (Å²) in [5, 5.41) is 0. The number of halogens is 1. The molecule has 1 nitrogen and oxygen atoms in total. The van der Waals surface area contributed by atoms with Crippen LogP contribution in [0, 0.1) is 0 Å². The third kappa shape index (κ3) is 1.67. The summed E-state index contributed by atoms with van der Waals surface area (Å²) < 4.78 is 12.6. The number of hydrogen-bond acceptors (Lipinski definition) is 1. The standard InChI is InChI=1S/C11H14FN/c12-9-10-5-1-2-6-11(10)13-7-3-4-8-13/h1-2,5-6H,3-4,7-9H2. The highest BCUT2D eigenvalue weighted by Gasteiger charge is 2.14. The van der Waals surface area contributed by atoms with Crippen LogP contribution in [0.1, 0.15) is 18.4 Å². The first-order chi connectivity index (χ1) is 6.42. The smallest absolute Gasteiger partial charge is 0.117 e. The minimum Gasteiger partial charge on any atom is -0.371 e. The van der Waals surface area contributed by atoms with Crippen LogP contribution in [0.4, 0.5) is 10.1 Å². The Bertz CT molecular complexity index is 279. The lowest BCUT2D eigenvalue weighted by atomic mass is 10.2. The van der Waals surface area contributed by atoms with Gasteiger partial charge >= 0.3 is 0 Å². The van der Waals surface area contributed by atoms with Crippen molar-refractivity contribution in [2.24, 2.45) is 0 Å². The molecule has 0 N–H and O–H groups in total. The van der Waals surface area contributed by atoms with Gasteiger partial charge in [-0.15, -0.1) is 0 Å². The number of alkyl halides is 1. The second kappa shape index (κ2) is 3.77. The Kier molecular flexibility index (Phi) is 2.48. The molecule has 2 rings (SSSR count). The lowest BCUT2D eigenvalue weighted by Gasteiger charge is -2.19. The summed E-state index contributed by atoms with van der Waals surface area (Å²) in [7, 11) is 0. The molecule has 0 bridgehead atoms. The summed E-state index contributed by atoms with van der Waals surface area (Å²) in [6.07, 6.45) is 2.47. The molecular weight excluding hydrogens is 165 g/mol. The van der Waals surface area contributed by atoms with E-state index in [0.29, 0.717) is 0 Å². The Labute approximate surface area is 78.2 Å². The number of rotatable bonds is 2. The molecule has 1 aromatic rings. The Balaban J connectivity index is 2.26. The van der Waals surface area contributed by atoms with Gasteiger partial charge in [0.2, 0.25) is 0 Å². The fourth-order valence-electron chi connectivity index (χ4n) is 1.89. The molecule has 1 fully saturated rings. The van der Waals surface area contributed by atoms with E-state index in [0.717, 1.165) is 24.3 Å². The molecule has 1 saturated heterocycles. The molecule has 0 amide bonds. The summed E-state index contributed by atoms with van der Waals surface area (Å²) in [6.45, 7) is 1.81. The Morgan fingerprint density at radius 3 is 2.54 bits per heavy atom. The summed E-state index contributed by atoms with van der Waals surface area (Å²) >= 11 is 0. The van der Waals surface area contributed by atoms with Crippen LogP contribution in [0.5, 0.6) is 0 Å². The zero-order chi connectivity index (χ0) is 9.10. The normalized spacial score (nSPS) is 16.5. The van der Waals surface area contributed by atoms with Crippen LogP contribution in [0.2, 0.25) is 0 Å². The van der Waals surface area contributed by atoms with Crippen LogP contribution in [0.3, 0.4) is 0 Å². The van der Waals surface area contributed by atoms with Crippen LogP contribution >= 0.6 is 0 Å². The molecule has 0 spiro atoms. The average Bonchev–Trinajstić information content (AvgIpc) is 2.70. The number of hydrogen-bond donors (Lipinski definition) is 0. The molecule has 0 aliphatic carbocycles. The van der Waals surface area contributed by atoms with Crippen molar-refractivity contribution in [2.75, 3.05) is 18.0 Å². The molecule has 70 valence electrons. The van der Waals surface area contributed by atoms with Crippen molar-refractivity contribution in [3.8, 4) is 0 Å². The van der Waals surface area contributed by atoms with Crippen LogP contribution in [0.25, 0.3) is 0 Å². The summed E-state index contributed by atoms with van der Waals surface area (Å²) in [5.41, 5.74) is 1.91. The van der Waals surface area contributed by atoms with Gasteiger partial charge in [0.25, 0.3) is 0 Å². The summed E-state index contributed by atoms with van der Waals surface area (Å²) in [5.74, 6) is 0. The first kappa shape index (κ1) is 8.54. The first-order valence-corrected chi connectivity index (χ1v) is 4.80. The van der Waals surface area contributed by atoms with Gasteiger partial charge in [0.1, 0.15) is 6.67 Å². The topological polar surface area (TPSA) is 3.24 Å². The second-order valence-electron chi connectivity index (χ2n) is 3.46. The molecule has 13 heavy (non-hydrogen) atoms. The highest BCUT2D eigenvalue weighted by atomic mass is 19.1. The molecule has 0 saturated carbocycles. The zero-order valence-corrected chi connectivity index (χ0v) is 7.67. The van der Waals surface area contributed by atoms with Gasteiger partial charge in [0, 0.05) is 24.3 Å². The van der Waals surface area contributed by atoms with E-state index >= 15 is 0 Å². The Hall–Kier alpha value is -1.05. The molecule has 0 aromatic heterocycles. The Morgan fingerprint density at radius 1 is 1.15 bits per heavy atom. The first-order valence-electron chi connectivity index (χ1n) is 4.80. The second-order valence-corrected chi connectivity index (χ2v) is 3.46. The number of benzene rings is 1. The van der Waals surface area contributed by atoms with Crippen molar-refractivity contribution in [3.63, 3.8) is 0 Å². The quantitative estimate of drug-likeness (QED) is 0.674. The van der Waals surface area contributed by atoms with E-state index in [9.17, 15) is 4.39 Å². The molecule has 2 heteroatoms. The monoisotopic (exact) mass is 179 g/mol. The highest BCUT2D eigenvalue weighted by Crippen LogP contribution is 2.24. The van der Waals surface area contributed by atoms with Gasteiger partial charge in [-0.3, -0.25) is 0 Å². The maximum atomic E-state index is 12.6. The summed E-state index contributed by atoms with van der Waals surface area (Å²) in [4.78, 5) is 2.27. The lowest BCUT2D eigenvalue weighted by Crippen LogP contribution is -2.18. The van der Waals surface area contributed by atoms with Gasteiger partial charge in [-0.1, -0.05) is 18.2 Å². The SMILES string of the molecule is FCc1ccccc1N1CCCC1. The average molecular weight is 179 g/mol. The maximum absolute atomic E-state index is 12.6. The van der Waals surface area contributed by atoms with E-state index in [1.165, 1.54) is 12.8 Å². The van der Waals surface area contributed by atoms with E-state index in [2.05, 4.69) is 4.90 Å². The zero-order valence-electron chi connectivity index (χ0n) is 7.67.